The minimum Gasteiger partial charge on any atom is -0.311 e. The van der Waals surface area contributed by atoms with Gasteiger partial charge in [0.15, 0.2) is 0 Å². The van der Waals surface area contributed by atoms with E-state index in [1.807, 2.05) is 6.92 Å². The molecular formula is C13H13F2N3. The van der Waals surface area contributed by atoms with Crippen molar-refractivity contribution >= 4 is 0 Å². The summed E-state index contributed by atoms with van der Waals surface area (Å²) in [5.41, 5.74) is 2.13. The highest BCUT2D eigenvalue weighted by molar-refractivity contribution is 5.40. The Kier molecular flexibility index (Phi) is 2.63. The number of aromatic nitrogens is 2. The van der Waals surface area contributed by atoms with E-state index >= 15 is 0 Å². The van der Waals surface area contributed by atoms with Gasteiger partial charge in [0.2, 0.25) is 0 Å². The summed E-state index contributed by atoms with van der Waals surface area (Å²) in [6.07, 6.45) is 0.770. The van der Waals surface area contributed by atoms with Gasteiger partial charge in [0, 0.05) is 31.3 Å². The molecule has 0 unspecified atom stereocenters. The second-order valence-electron chi connectivity index (χ2n) is 4.41. The molecule has 18 heavy (non-hydrogen) atoms. The molecule has 1 aromatic heterocycles. The van der Waals surface area contributed by atoms with Gasteiger partial charge in [0.05, 0.1) is 11.4 Å². The Morgan fingerprint density at radius 3 is 3.00 bits per heavy atom. The van der Waals surface area contributed by atoms with Crippen LogP contribution in [-0.4, -0.2) is 16.1 Å². The van der Waals surface area contributed by atoms with Gasteiger partial charge in [-0.3, -0.25) is 4.57 Å². The van der Waals surface area contributed by atoms with E-state index in [2.05, 4.69) is 10.3 Å². The highest BCUT2D eigenvalue weighted by Gasteiger charge is 2.20. The fraction of sp³-hybridized carbons (Fsp3) is 0.308. The van der Waals surface area contributed by atoms with Crippen molar-refractivity contribution in [3.63, 3.8) is 0 Å². The van der Waals surface area contributed by atoms with Crippen LogP contribution in [0.25, 0.3) is 5.69 Å². The first-order chi connectivity index (χ1) is 8.66. The van der Waals surface area contributed by atoms with Crippen LogP contribution in [0, 0.1) is 18.6 Å². The second-order valence-corrected chi connectivity index (χ2v) is 4.41. The third kappa shape index (κ3) is 1.71. The maximum Gasteiger partial charge on any atom is 0.147 e. The number of fused-ring (bicyclic) bond motifs is 1. The van der Waals surface area contributed by atoms with Gasteiger partial charge in [0.1, 0.15) is 17.5 Å². The van der Waals surface area contributed by atoms with Crippen LogP contribution in [0.2, 0.25) is 0 Å². The van der Waals surface area contributed by atoms with E-state index in [0.29, 0.717) is 12.4 Å². The van der Waals surface area contributed by atoms with Crippen LogP contribution < -0.4 is 5.32 Å². The number of nitrogens with zero attached hydrogens (tertiary/aromatic N) is 2. The monoisotopic (exact) mass is 249 g/mol. The molecule has 0 atom stereocenters. The number of imidazole rings is 1. The predicted octanol–water partition coefficient (Wildman–Crippen LogP) is 2.10. The summed E-state index contributed by atoms with van der Waals surface area (Å²) < 4.78 is 28.9. The molecule has 0 spiro atoms. The number of benzene rings is 1. The van der Waals surface area contributed by atoms with Gasteiger partial charge in [-0.2, -0.15) is 0 Å². The van der Waals surface area contributed by atoms with Crippen LogP contribution in [0.3, 0.4) is 0 Å². The SMILES string of the molecule is Cc1nc2c(n1-c1cc(F)ccc1F)CCNC2. The van der Waals surface area contributed by atoms with Crippen molar-refractivity contribution in [3.8, 4) is 5.69 Å². The zero-order valence-corrected chi connectivity index (χ0v) is 10.0. The van der Waals surface area contributed by atoms with Gasteiger partial charge in [-0.15, -0.1) is 0 Å². The summed E-state index contributed by atoms with van der Waals surface area (Å²) >= 11 is 0. The second kappa shape index (κ2) is 4.17. The lowest BCUT2D eigenvalue weighted by molar-refractivity contribution is 0.582. The zero-order chi connectivity index (χ0) is 12.7. The molecule has 0 saturated carbocycles. The Balaban J connectivity index is 2.22. The van der Waals surface area contributed by atoms with Gasteiger partial charge in [-0.1, -0.05) is 0 Å². The first-order valence-corrected chi connectivity index (χ1v) is 5.90. The molecule has 2 aromatic rings. The number of halogens is 2. The first kappa shape index (κ1) is 11.3. The molecule has 0 bridgehead atoms. The minimum absolute atomic E-state index is 0.239. The van der Waals surface area contributed by atoms with Crippen molar-refractivity contribution in [3.05, 3.63) is 47.0 Å². The highest BCUT2D eigenvalue weighted by Crippen LogP contribution is 2.23. The fourth-order valence-electron chi connectivity index (χ4n) is 2.42. The summed E-state index contributed by atoms with van der Waals surface area (Å²) in [5.74, 6) is -0.186. The van der Waals surface area contributed by atoms with Crippen LogP contribution >= 0.6 is 0 Å². The Hall–Kier alpha value is -1.75. The van der Waals surface area contributed by atoms with Crippen molar-refractivity contribution in [1.82, 2.24) is 14.9 Å². The normalized spacial score (nSPS) is 14.6. The quantitative estimate of drug-likeness (QED) is 0.838. The van der Waals surface area contributed by atoms with Crippen LogP contribution in [0.5, 0.6) is 0 Å². The molecule has 0 fully saturated rings. The average molecular weight is 249 g/mol. The molecule has 0 radical (unpaired) electrons. The number of nitrogens with one attached hydrogen (secondary N) is 1. The van der Waals surface area contributed by atoms with Crippen LogP contribution in [0.4, 0.5) is 8.78 Å². The van der Waals surface area contributed by atoms with Crippen LogP contribution in [0.15, 0.2) is 18.2 Å². The molecule has 5 heteroatoms. The van der Waals surface area contributed by atoms with Gasteiger partial charge in [-0.05, 0) is 19.1 Å². The molecule has 1 aliphatic rings. The van der Waals surface area contributed by atoms with Gasteiger partial charge in [0.25, 0.3) is 0 Å². The van der Waals surface area contributed by atoms with Crippen molar-refractivity contribution in [1.29, 1.82) is 0 Å². The minimum atomic E-state index is -0.442. The molecule has 0 aliphatic carbocycles. The van der Waals surface area contributed by atoms with Crippen LogP contribution in [-0.2, 0) is 13.0 Å². The molecule has 1 aliphatic heterocycles. The van der Waals surface area contributed by atoms with Crippen molar-refractivity contribution in [2.45, 2.75) is 19.9 Å². The van der Waals surface area contributed by atoms with Gasteiger partial charge >= 0.3 is 0 Å². The molecule has 1 N–H and O–H groups in total. The van der Waals surface area contributed by atoms with E-state index < -0.39 is 11.6 Å². The smallest absolute Gasteiger partial charge is 0.147 e. The van der Waals surface area contributed by atoms with E-state index in [-0.39, 0.29) is 5.69 Å². The van der Waals surface area contributed by atoms with Crippen molar-refractivity contribution in [2.24, 2.45) is 0 Å². The molecule has 94 valence electrons. The molecule has 0 amide bonds. The summed E-state index contributed by atoms with van der Waals surface area (Å²) in [4.78, 5) is 4.41. The number of aryl methyl sites for hydroxylation is 1. The molecular weight excluding hydrogens is 236 g/mol. The predicted molar refractivity (Wildman–Crippen MR) is 63.6 cm³/mol. The van der Waals surface area contributed by atoms with Gasteiger partial charge < -0.3 is 5.32 Å². The first-order valence-electron chi connectivity index (χ1n) is 5.90. The fourth-order valence-corrected chi connectivity index (χ4v) is 2.42. The molecule has 2 heterocycles. The summed E-state index contributed by atoms with van der Waals surface area (Å²) in [7, 11) is 0. The lowest BCUT2D eigenvalue weighted by Gasteiger charge is -2.16. The Morgan fingerprint density at radius 2 is 2.17 bits per heavy atom. The van der Waals surface area contributed by atoms with E-state index in [1.165, 1.54) is 6.07 Å². The third-order valence-electron chi connectivity index (χ3n) is 3.20. The maximum atomic E-state index is 13.9. The zero-order valence-electron chi connectivity index (χ0n) is 10.0. The topological polar surface area (TPSA) is 29.9 Å². The standard InChI is InChI=1S/C13H13F2N3/c1-8-17-11-7-16-5-4-12(11)18(8)13-6-9(14)2-3-10(13)15/h2-3,6,16H,4-5,7H2,1H3. The lowest BCUT2D eigenvalue weighted by Crippen LogP contribution is -2.25. The maximum absolute atomic E-state index is 13.9. The molecule has 3 nitrogen and oxygen atoms in total. The van der Waals surface area contributed by atoms with Crippen molar-refractivity contribution < 1.29 is 8.78 Å². The molecule has 0 saturated heterocycles. The van der Waals surface area contributed by atoms with E-state index in [9.17, 15) is 8.78 Å². The summed E-state index contributed by atoms with van der Waals surface area (Å²) in [5, 5.41) is 3.22. The van der Waals surface area contributed by atoms with E-state index in [4.69, 9.17) is 0 Å². The van der Waals surface area contributed by atoms with Crippen LogP contribution in [0.1, 0.15) is 17.2 Å². The Bertz CT molecular complexity index is 605. The largest absolute Gasteiger partial charge is 0.311 e. The number of rotatable bonds is 1. The summed E-state index contributed by atoms with van der Waals surface area (Å²) in [6, 6.07) is 3.49. The Morgan fingerprint density at radius 1 is 1.33 bits per heavy atom. The highest BCUT2D eigenvalue weighted by atomic mass is 19.1. The lowest BCUT2D eigenvalue weighted by atomic mass is 10.1. The van der Waals surface area contributed by atoms with E-state index in [1.54, 1.807) is 4.57 Å². The van der Waals surface area contributed by atoms with Crippen molar-refractivity contribution in [2.75, 3.05) is 6.54 Å². The summed E-state index contributed by atoms with van der Waals surface area (Å²) in [6.45, 7) is 3.32. The average Bonchev–Trinajstić information content (AvgIpc) is 2.68. The number of hydrogen-bond donors (Lipinski definition) is 1. The molecule has 1 aromatic carbocycles. The van der Waals surface area contributed by atoms with Gasteiger partial charge in [-0.25, -0.2) is 13.8 Å². The third-order valence-corrected chi connectivity index (χ3v) is 3.20. The number of hydrogen-bond acceptors (Lipinski definition) is 2. The van der Waals surface area contributed by atoms with E-state index in [0.717, 1.165) is 36.5 Å². The Labute approximate surface area is 103 Å². The molecule has 3 rings (SSSR count).